The van der Waals surface area contributed by atoms with Crippen LogP contribution in [0.15, 0.2) is 5.38 Å². The number of nitrogens with zero attached hydrogens (tertiary/aromatic N) is 3. The van der Waals surface area contributed by atoms with Crippen molar-refractivity contribution in [2.45, 2.75) is 51.6 Å². The van der Waals surface area contributed by atoms with Crippen LogP contribution in [0.3, 0.4) is 0 Å². The van der Waals surface area contributed by atoms with Gasteiger partial charge in [-0.25, -0.2) is 4.98 Å². The van der Waals surface area contributed by atoms with Gasteiger partial charge in [-0.05, 0) is 25.7 Å². The third-order valence-electron chi connectivity index (χ3n) is 3.05. The molecular formula is C13H19N3S. The lowest BCUT2D eigenvalue weighted by Gasteiger charge is -2.16. The maximum atomic E-state index is 8.80. The van der Waals surface area contributed by atoms with E-state index in [4.69, 9.17) is 5.26 Å². The van der Waals surface area contributed by atoms with Crippen molar-refractivity contribution in [2.75, 3.05) is 6.54 Å². The molecule has 0 bridgehead atoms. The van der Waals surface area contributed by atoms with Crippen molar-refractivity contribution in [3.8, 4) is 6.07 Å². The van der Waals surface area contributed by atoms with Crippen LogP contribution >= 0.6 is 11.3 Å². The smallest absolute Gasteiger partial charge is 0.0928 e. The van der Waals surface area contributed by atoms with E-state index in [1.807, 2.05) is 0 Å². The Bertz CT molecular complexity index is 390. The van der Waals surface area contributed by atoms with Gasteiger partial charge in [0.1, 0.15) is 0 Å². The van der Waals surface area contributed by atoms with Gasteiger partial charge in [0, 0.05) is 18.0 Å². The van der Waals surface area contributed by atoms with Crippen molar-refractivity contribution in [3.63, 3.8) is 0 Å². The molecule has 4 heteroatoms. The second-order valence-corrected chi connectivity index (χ2v) is 5.57. The number of thiazole rings is 1. The van der Waals surface area contributed by atoms with Crippen molar-refractivity contribution < 1.29 is 0 Å². The Morgan fingerprint density at radius 1 is 1.59 bits per heavy atom. The molecule has 0 radical (unpaired) electrons. The van der Waals surface area contributed by atoms with E-state index in [-0.39, 0.29) is 0 Å². The molecule has 3 nitrogen and oxygen atoms in total. The first-order chi connectivity index (χ1) is 8.33. The van der Waals surface area contributed by atoms with Gasteiger partial charge >= 0.3 is 0 Å². The largest absolute Gasteiger partial charge is 0.282 e. The summed E-state index contributed by atoms with van der Waals surface area (Å²) in [5, 5.41) is 12.2. The van der Waals surface area contributed by atoms with Gasteiger partial charge in [0.2, 0.25) is 0 Å². The van der Waals surface area contributed by atoms with E-state index in [1.165, 1.54) is 30.7 Å². The normalized spacial score (nSPS) is 15.1. The zero-order valence-corrected chi connectivity index (χ0v) is 11.2. The standard InChI is InChI=1S/C13H19N3S/c1-2-3-4-13-15-11(10-17-13)9-16(8-7-14)12-5-6-12/h10,12H,2-6,8-9H2,1H3. The summed E-state index contributed by atoms with van der Waals surface area (Å²) >= 11 is 1.76. The molecule has 0 unspecified atom stereocenters. The van der Waals surface area contributed by atoms with Gasteiger partial charge in [0.15, 0.2) is 0 Å². The van der Waals surface area contributed by atoms with Gasteiger partial charge in [-0.15, -0.1) is 11.3 Å². The van der Waals surface area contributed by atoms with Gasteiger partial charge in [0.05, 0.1) is 23.3 Å². The summed E-state index contributed by atoms with van der Waals surface area (Å²) in [5.74, 6) is 0. The quantitative estimate of drug-likeness (QED) is 0.697. The van der Waals surface area contributed by atoms with E-state index < -0.39 is 0 Å². The lowest BCUT2D eigenvalue weighted by molar-refractivity contribution is 0.284. The monoisotopic (exact) mass is 249 g/mol. The van der Waals surface area contributed by atoms with Crippen LogP contribution in [0.5, 0.6) is 0 Å². The van der Waals surface area contributed by atoms with Gasteiger partial charge in [-0.3, -0.25) is 4.90 Å². The zero-order chi connectivity index (χ0) is 12.1. The third-order valence-corrected chi connectivity index (χ3v) is 4.00. The number of hydrogen-bond acceptors (Lipinski definition) is 4. The average Bonchev–Trinajstić information content (AvgIpc) is 3.08. The molecule has 1 aromatic rings. The Balaban J connectivity index is 1.88. The molecule has 1 saturated carbocycles. The maximum absolute atomic E-state index is 8.80. The van der Waals surface area contributed by atoms with E-state index in [0.717, 1.165) is 18.7 Å². The number of nitriles is 1. The summed E-state index contributed by atoms with van der Waals surface area (Å²) < 4.78 is 0. The highest BCUT2D eigenvalue weighted by Gasteiger charge is 2.29. The maximum Gasteiger partial charge on any atom is 0.0928 e. The molecule has 92 valence electrons. The highest BCUT2D eigenvalue weighted by molar-refractivity contribution is 7.09. The lowest BCUT2D eigenvalue weighted by atomic mass is 10.3. The molecule has 1 heterocycles. The molecule has 0 aromatic carbocycles. The number of rotatable bonds is 7. The minimum absolute atomic E-state index is 0.534. The van der Waals surface area contributed by atoms with Crippen molar-refractivity contribution in [1.29, 1.82) is 5.26 Å². The predicted octanol–water partition coefficient (Wildman–Crippen LogP) is 2.97. The zero-order valence-electron chi connectivity index (χ0n) is 10.4. The summed E-state index contributed by atoms with van der Waals surface area (Å²) in [7, 11) is 0. The fourth-order valence-corrected chi connectivity index (χ4v) is 2.75. The van der Waals surface area contributed by atoms with Crippen LogP contribution in [0.4, 0.5) is 0 Å². The molecule has 1 aliphatic carbocycles. The highest BCUT2D eigenvalue weighted by Crippen LogP contribution is 2.28. The van der Waals surface area contributed by atoms with Crippen LogP contribution in [0.25, 0.3) is 0 Å². The summed E-state index contributed by atoms with van der Waals surface area (Å²) in [6.07, 6.45) is 6.03. The molecule has 0 spiro atoms. The number of hydrogen-bond donors (Lipinski definition) is 0. The minimum atomic E-state index is 0.534. The third kappa shape index (κ3) is 3.79. The summed E-state index contributed by atoms with van der Waals surface area (Å²) in [6, 6.07) is 2.89. The van der Waals surface area contributed by atoms with Gasteiger partial charge in [-0.2, -0.15) is 5.26 Å². The van der Waals surface area contributed by atoms with Crippen LogP contribution in [-0.4, -0.2) is 22.5 Å². The first kappa shape index (κ1) is 12.5. The molecule has 0 saturated heterocycles. The molecule has 0 N–H and O–H groups in total. The summed E-state index contributed by atoms with van der Waals surface area (Å²) in [6.45, 7) is 3.59. The van der Waals surface area contributed by atoms with E-state index in [1.54, 1.807) is 11.3 Å². The molecule has 1 fully saturated rings. The van der Waals surface area contributed by atoms with Crippen LogP contribution in [0.1, 0.15) is 43.3 Å². The Morgan fingerprint density at radius 3 is 3.06 bits per heavy atom. The predicted molar refractivity (Wildman–Crippen MR) is 69.8 cm³/mol. The number of aromatic nitrogens is 1. The fourth-order valence-electron chi connectivity index (χ4n) is 1.92. The average molecular weight is 249 g/mol. The first-order valence-corrected chi connectivity index (χ1v) is 7.25. The molecule has 0 aliphatic heterocycles. The summed E-state index contributed by atoms with van der Waals surface area (Å²) in [5.41, 5.74) is 1.14. The first-order valence-electron chi connectivity index (χ1n) is 6.37. The van der Waals surface area contributed by atoms with Crippen LogP contribution < -0.4 is 0 Å². The fraction of sp³-hybridized carbons (Fsp3) is 0.692. The Morgan fingerprint density at radius 2 is 2.41 bits per heavy atom. The summed E-state index contributed by atoms with van der Waals surface area (Å²) in [4.78, 5) is 6.90. The van der Waals surface area contributed by atoms with Crippen LogP contribution in [0.2, 0.25) is 0 Å². The Kier molecular flexibility index (Phi) is 4.52. The Labute approximate surface area is 107 Å². The van der Waals surface area contributed by atoms with E-state index in [2.05, 4.69) is 28.3 Å². The van der Waals surface area contributed by atoms with Crippen molar-refractivity contribution >= 4 is 11.3 Å². The van der Waals surface area contributed by atoms with E-state index in [0.29, 0.717) is 12.6 Å². The second-order valence-electron chi connectivity index (χ2n) is 4.63. The Hall–Kier alpha value is -0.920. The molecule has 1 aliphatic rings. The molecule has 0 atom stereocenters. The van der Waals surface area contributed by atoms with E-state index >= 15 is 0 Å². The van der Waals surface area contributed by atoms with Gasteiger partial charge in [0.25, 0.3) is 0 Å². The second kappa shape index (κ2) is 6.13. The topological polar surface area (TPSA) is 39.9 Å². The minimum Gasteiger partial charge on any atom is -0.282 e. The van der Waals surface area contributed by atoms with E-state index in [9.17, 15) is 0 Å². The molecule has 2 rings (SSSR count). The molecule has 17 heavy (non-hydrogen) atoms. The van der Waals surface area contributed by atoms with Crippen molar-refractivity contribution in [2.24, 2.45) is 0 Å². The lowest BCUT2D eigenvalue weighted by Crippen LogP contribution is -2.26. The number of unbranched alkanes of at least 4 members (excludes halogenated alkanes) is 1. The van der Waals surface area contributed by atoms with Crippen LogP contribution in [0, 0.1) is 11.3 Å². The van der Waals surface area contributed by atoms with Crippen molar-refractivity contribution in [1.82, 2.24) is 9.88 Å². The van der Waals surface area contributed by atoms with Crippen molar-refractivity contribution in [3.05, 3.63) is 16.1 Å². The highest BCUT2D eigenvalue weighted by atomic mass is 32.1. The van der Waals surface area contributed by atoms with Gasteiger partial charge in [-0.1, -0.05) is 13.3 Å². The number of aryl methyl sites for hydroxylation is 1. The SMILES string of the molecule is CCCCc1nc(CN(CC#N)C2CC2)cs1. The molecular weight excluding hydrogens is 230 g/mol. The van der Waals surface area contributed by atoms with Crippen LogP contribution in [-0.2, 0) is 13.0 Å². The molecule has 1 aromatic heterocycles. The van der Waals surface area contributed by atoms with Gasteiger partial charge < -0.3 is 0 Å². The molecule has 0 amide bonds.